The third-order valence-electron chi connectivity index (χ3n) is 16.4. The monoisotopic (exact) mass is 2390 g/mol. The summed E-state index contributed by atoms with van der Waals surface area (Å²) in [7, 11) is 0. The van der Waals surface area contributed by atoms with E-state index in [1.807, 2.05) is 22.6 Å². The summed E-state index contributed by atoms with van der Waals surface area (Å²) >= 11 is 15.1. The summed E-state index contributed by atoms with van der Waals surface area (Å²) in [5.74, 6) is -10.1. The number of aromatic carboxylic acids is 1. The molecule has 142 heavy (non-hydrogen) atoms. The number of carbonyl (C=O) groups excluding carboxylic acids is 8. The molecule has 0 radical (unpaired) electrons. The van der Waals surface area contributed by atoms with Crippen LogP contribution in [0.1, 0.15) is 229 Å². The number of phenolic OH excluding ortho intramolecular Hbond substituents is 1. The molecular formula is C97H121Br4F6IO34. The van der Waals surface area contributed by atoms with Crippen LogP contribution in [0.15, 0.2) is 132 Å². The van der Waals surface area contributed by atoms with E-state index in [1.165, 1.54) is 42.5 Å². The van der Waals surface area contributed by atoms with E-state index < -0.39 is 143 Å². The molecule has 0 bridgehead atoms. The second kappa shape index (κ2) is 62.3. The Balaban J connectivity index is -0.00000156. The van der Waals surface area contributed by atoms with Crippen LogP contribution >= 0.6 is 86.3 Å². The lowest BCUT2D eigenvalue weighted by Crippen LogP contribution is -2.39. The molecule has 2 atom stereocenters. The molecule has 6 aliphatic rings. The van der Waals surface area contributed by atoms with Gasteiger partial charge in [-0.1, -0.05) is 137 Å². The molecule has 0 fully saturated rings. The normalized spacial score (nSPS) is 14.8. The highest BCUT2D eigenvalue weighted by Gasteiger charge is 2.44. The van der Waals surface area contributed by atoms with Crippen LogP contribution < -0.4 is 52.1 Å². The lowest BCUT2D eigenvalue weighted by molar-refractivity contribution is -0.132. The van der Waals surface area contributed by atoms with E-state index in [1.54, 1.807) is 161 Å². The number of carbonyl (C=O) groups is 10. The minimum absolute atomic E-state index is 0. The van der Waals surface area contributed by atoms with E-state index >= 15 is 0 Å². The number of cyclic esters (lactones) is 6. The first-order valence-electron chi connectivity index (χ1n) is 39.4. The van der Waals surface area contributed by atoms with Crippen LogP contribution in [0.2, 0.25) is 0 Å². The molecule has 2 unspecified atom stereocenters. The maximum Gasteiger partial charge on any atom is 0.349 e. The van der Waals surface area contributed by atoms with Gasteiger partial charge in [0.1, 0.15) is 180 Å². The molecule has 0 aromatic heterocycles. The molecule has 0 aliphatic carbocycles. The second-order valence-electron chi connectivity index (χ2n) is 29.3. The van der Waals surface area contributed by atoms with Crippen molar-refractivity contribution in [3.8, 4) is 80.5 Å². The minimum Gasteiger partial charge on any atom is -0.507 e. The molecular weight excluding hydrogens is 2270 g/mol. The SMILES string of the molecule is C.C.C.C.C.C.C.C=CC(=O)O.CC1(C)OC(=O)c2c(O)cccc2O1.CC1(C)OC(=O)c2c(OCCF)ccc(/C=C/OC=O)c2O1.CC1(C)OC(=O)c2c(OCCF)ccc(/C=C\Br)c2O1.CC1(C)OC(=O)c2c(OCCF)ccc(Br)c2O1.CC1(C)OC(=O)c2c(OCCF)ccc(C(Br)C(Br)OC=O)c2O1.CC1(C)OC(=O)c2c(OCCF)cccc2O1.FCCI.O=C(O)c1c(O)cccc1O. The Morgan fingerprint density at radius 2 is 0.711 bits per heavy atom. The van der Waals surface area contributed by atoms with Crippen LogP contribution in [-0.2, 0) is 52.3 Å². The number of halogens is 11. The number of fused-ring (bicyclic) bond motifs is 6. The molecule has 0 spiro atoms. The number of carboxylic acids is 2. The molecule has 0 amide bonds. The highest BCUT2D eigenvalue weighted by Crippen LogP contribution is 2.49. The molecule has 6 aliphatic heterocycles. The van der Waals surface area contributed by atoms with E-state index in [-0.39, 0.29) is 178 Å². The number of rotatable bonds is 26. The average Bonchev–Trinajstić information content (AvgIpc) is 0.691. The Bertz CT molecular complexity index is 5380. The fourth-order valence-electron chi connectivity index (χ4n) is 11.4. The topological polar surface area (TPSA) is 447 Å². The number of esters is 6. The summed E-state index contributed by atoms with van der Waals surface area (Å²) in [6.45, 7) is 18.8. The third-order valence-corrected chi connectivity index (χ3v) is 20.1. The van der Waals surface area contributed by atoms with Crippen molar-refractivity contribution in [2.75, 3.05) is 77.5 Å². The molecule has 45 heteroatoms. The van der Waals surface area contributed by atoms with Crippen molar-refractivity contribution in [3.63, 3.8) is 0 Å². The number of aliphatic carboxylic acids is 1. The number of phenols is 3. The van der Waals surface area contributed by atoms with Gasteiger partial charge in [-0.05, 0) is 128 Å². The fraction of sp³-hybridized carbons (Fsp3) is 0.402. The molecule has 13 rings (SSSR count). The maximum atomic E-state index is 12.4. The number of hydrogen-bond acceptors (Lipinski definition) is 32. The number of alkyl halides is 9. The van der Waals surface area contributed by atoms with Crippen molar-refractivity contribution in [2.45, 2.75) is 180 Å². The Morgan fingerprint density at radius 1 is 0.408 bits per heavy atom. The van der Waals surface area contributed by atoms with Gasteiger partial charge in [-0.25, -0.2) is 60.3 Å². The van der Waals surface area contributed by atoms with E-state index in [0.29, 0.717) is 55.1 Å². The van der Waals surface area contributed by atoms with E-state index in [0.717, 1.165) is 12.3 Å². The van der Waals surface area contributed by atoms with Gasteiger partial charge < -0.3 is 116 Å². The summed E-state index contributed by atoms with van der Waals surface area (Å²) in [6, 6.07) is 26.2. The van der Waals surface area contributed by atoms with Crippen molar-refractivity contribution >= 4 is 159 Å². The third kappa shape index (κ3) is 39.6. The summed E-state index contributed by atoms with van der Waals surface area (Å²) in [5.41, 5.74) is 2.07. The predicted octanol–water partition coefficient (Wildman–Crippen LogP) is 23.8. The molecule has 34 nitrogen and oxygen atoms in total. The molecule has 5 N–H and O–H groups in total. The van der Waals surface area contributed by atoms with Gasteiger partial charge >= 0.3 is 47.8 Å². The summed E-state index contributed by atoms with van der Waals surface area (Å²) in [5, 5.41) is 42.6. The molecule has 0 saturated carbocycles. The maximum absolute atomic E-state index is 12.4. The van der Waals surface area contributed by atoms with Crippen molar-refractivity contribution in [1.29, 1.82) is 0 Å². The van der Waals surface area contributed by atoms with Gasteiger partial charge in [-0.3, -0.25) is 14.0 Å². The molecule has 0 saturated heterocycles. The zero-order chi connectivity index (χ0) is 101. The molecule has 7 aromatic carbocycles. The minimum atomic E-state index is -1.35. The van der Waals surface area contributed by atoms with Gasteiger partial charge in [0.25, 0.3) is 12.9 Å². The van der Waals surface area contributed by atoms with Crippen molar-refractivity contribution in [2.24, 2.45) is 0 Å². The fourth-order valence-corrected chi connectivity index (χ4v) is 13.0. The molecule has 7 aromatic rings. The van der Waals surface area contributed by atoms with Gasteiger partial charge in [-0.15, -0.1) is 0 Å². The number of carboxylic acid groups (broad SMARTS) is 2. The molecule has 6 heterocycles. The summed E-state index contributed by atoms with van der Waals surface area (Å²) in [4.78, 5) is 113. The summed E-state index contributed by atoms with van der Waals surface area (Å²) < 4.78 is 173. The lowest BCUT2D eigenvalue weighted by Gasteiger charge is -2.34. The van der Waals surface area contributed by atoms with Gasteiger partial charge in [0, 0.05) is 110 Å². The Morgan fingerprint density at radius 3 is 1.06 bits per heavy atom. The first kappa shape index (κ1) is 134. The number of hydrogen-bond donors (Lipinski definition) is 5. The zero-order valence-electron chi connectivity index (χ0n) is 73.9. The first-order chi connectivity index (χ1) is 63.5. The zero-order valence-corrected chi connectivity index (χ0v) is 82.4. The number of aromatic hydroxyl groups is 3. The average molecular weight is 2390 g/mol. The van der Waals surface area contributed by atoms with Crippen LogP contribution in [0.5, 0.6) is 80.5 Å². The van der Waals surface area contributed by atoms with Gasteiger partial charge in [0.2, 0.25) is 34.7 Å². The smallest absolute Gasteiger partial charge is 0.349 e. The molecule has 790 valence electrons. The van der Waals surface area contributed by atoms with Gasteiger partial charge in [0.15, 0.2) is 10.8 Å². The van der Waals surface area contributed by atoms with Crippen molar-refractivity contribution in [3.05, 3.63) is 187 Å². The van der Waals surface area contributed by atoms with Crippen molar-refractivity contribution < 1.29 is 190 Å². The lowest BCUT2D eigenvalue weighted by atomic mass is 10.0. The number of ether oxygens (including phenoxy) is 19. The Hall–Kier alpha value is -12.1. The first-order valence-corrected chi connectivity index (χ1v) is 44.5. The van der Waals surface area contributed by atoms with Crippen LogP contribution in [-0.4, -0.2) is 203 Å². The van der Waals surface area contributed by atoms with Crippen molar-refractivity contribution in [1.82, 2.24) is 0 Å². The predicted molar refractivity (Wildman–Crippen MR) is 538 cm³/mol. The quantitative estimate of drug-likeness (QED) is 0.00491. The van der Waals surface area contributed by atoms with Crippen LogP contribution in [0, 0.1) is 0 Å². The second-order valence-corrected chi connectivity index (χ2v) is 33.7. The van der Waals surface area contributed by atoms with E-state index in [4.69, 9.17) is 106 Å². The van der Waals surface area contributed by atoms with Gasteiger partial charge in [0.05, 0.1) is 22.2 Å². The largest absolute Gasteiger partial charge is 0.507 e. The van der Waals surface area contributed by atoms with Crippen LogP contribution in [0.4, 0.5) is 26.3 Å². The highest BCUT2D eigenvalue weighted by atomic mass is 127. The van der Waals surface area contributed by atoms with Crippen LogP contribution in [0.25, 0.3) is 12.2 Å². The Kier molecular flexibility index (Phi) is 58.8. The van der Waals surface area contributed by atoms with E-state index in [9.17, 15) is 79.4 Å². The summed E-state index contributed by atoms with van der Waals surface area (Å²) in [6.07, 6.45) is 5.19. The van der Waals surface area contributed by atoms with Crippen LogP contribution in [0.3, 0.4) is 0 Å². The number of benzene rings is 7. The van der Waals surface area contributed by atoms with Gasteiger partial charge in [-0.2, -0.15) is 0 Å². The highest BCUT2D eigenvalue weighted by molar-refractivity contribution is 14.1. The standard InChI is InChI=1S/C15H15Br2FO6.C15H15FO6.C14H14BrFO4.C12H12BrFO4.C12H13FO4.C10H10O4.C7H6O4.C3H4O2.C2H4FI.7CH4/c1-15(2)23-12-8(11(16)13(17)22-7-19)3-4-9(21-6-5-18)10(12)14(20)24-15;1-15(2)21-13-10(5-7-19-9-17)3-4-11(20-8-6-16)12(13)14(18)22-15;1-14(2)19-12-9(5-6-15)3-4-10(18-8-7-16)11(12)13(17)20-14;1-12(2)17-10-7(13)3-4-8(16-6-5-14)9(10)11(15)18-12;1-12(2)16-9-5-3-4-8(15-7-6-13)10(9)11(14)17-12;1-10(2)13-7-5-3-4-6(11)8(7)9(12)14-10;8-4-2-1-3-5(9)6(4)7(10)11;1-2-3(4)5;3-1-2-4;;;;;;;/h3-4,7,11,13H,5-6H2,1-2H3;3-5,7,9H,6,8H2,1-2H3;3-6H,7-8H2,1-2H3;3-4H,5-6H2,1-2H3;3-5H,6-7H2,1-2H3;3-5,11H,1-2H3;1-3,8-9H,(H,10,11);2H,1H2,(H,4,5);1-2H2;7*1H4/b;7-5+;6-5-;;;;;;;;;;;;;. The van der Waals surface area contributed by atoms with E-state index in [2.05, 4.69) is 75.0 Å². The Labute approximate surface area is 867 Å².